The molecule has 1 aromatic heterocycles. The Morgan fingerprint density at radius 3 is 2.80 bits per heavy atom. The Labute approximate surface area is 92.1 Å². The van der Waals surface area contributed by atoms with Crippen LogP contribution in [0.3, 0.4) is 0 Å². The molecule has 3 heteroatoms. The van der Waals surface area contributed by atoms with Crippen molar-refractivity contribution >= 4 is 0 Å². The maximum absolute atomic E-state index is 9.60. The first-order valence-electron chi connectivity index (χ1n) is 5.84. The van der Waals surface area contributed by atoms with Crippen LogP contribution in [0, 0.1) is 5.92 Å². The van der Waals surface area contributed by atoms with E-state index in [0.29, 0.717) is 0 Å². The van der Waals surface area contributed by atoms with Gasteiger partial charge in [-0.15, -0.1) is 0 Å². The third-order valence-electron chi connectivity index (χ3n) is 2.59. The van der Waals surface area contributed by atoms with Crippen molar-refractivity contribution < 1.29 is 5.11 Å². The van der Waals surface area contributed by atoms with Gasteiger partial charge in [-0.25, -0.2) is 0 Å². The smallest absolute Gasteiger partial charge is 0.0817 e. The van der Waals surface area contributed by atoms with Crippen molar-refractivity contribution in [1.29, 1.82) is 0 Å². The van der Waals surface area contributed by atoms with Crippen LogP contribution in [-0.2, 0) is 6.54 Å². The summed E-state index contributed by atoms with van der Waals surface area (Å²) >= 11 is 0. The Morgan fingerprint density at radius 2 is 2.20 bits per heavy atom. The fraction of sp³-hybridized carbons (Fsp3) is 0.750. The maximum Gasteiger partial charge on any atom is 0.0817 e. The number of nitrogens with zero attached hydrogens (tertiary/aromatic N) is 2. The number of aliphatic hydroxyl groups is 1. The lowest BCUT2D eigenvalue weighted by Crippen LogP contribution is -2.00. The topological polar surface area (TPSA) is 38.1 Å². The van der Waals surface area contributed by atoms with Gasteiger partial charge in [-0.05, 0) is 25.2 Å². The zero-order valence-electron chi connectivity index (χ0n) is 9.98. The third-order valence-corrected chi connectivity index (χ3v) is 2.59. The first kappa shape index (κ1) is 12.2. The number of aryl methyl sites for hydroxylation is 1. The Morgan fingerprint density at radius 1 is 1.47 bits per heavy atom. The number of aromatic nitrogens is 2. The van der Waals surface area contributed by atoms with Crippen LogP contribution in [0.1, 0.15) is 51.7 Å². The molecule has 0 spiro atoms. The fourth-order valence-electron chi connectivity index (χ4n) is 1.57. The van der Waals surface area contributed by atoms with E-state index >= 15 is 0 Å². The molecular weight excluding hydrogens is 188 g/mol. The standard InChI is InChI=1S/C12H22N2O/c1-4-12(15)11-8-13-14(9-11)7-5-6-10(2)3/h8-10,12,15H,4-7H2,1-3H3. The van der Waals surface area contributed by atoms with Gasteiger partial charge in [0.15, 0.2) is 0 Å². The molecule has 1 atom stereocenters. The first-order valence-corrected chi connectivity index (χ1v) is 5.84. The minimum Gasteiger partial charge on any atom is -0.388 e. The summed E-state index contributed by atoms with van der Waals surface area (Å²) in [5.41, 5.74) is 0.932. The van der Waals surface area contributed by atoms with Gasteiger partial charge in [0.05, 0.1) is 12.3 Å². The van der Waals surface area contributed by atoms with Crippen LogP contribution >= 0.6 is 0 Å². The largest absolute Gasteiger partial charge is 0.388 e. The van der Waals surface area contributed by atoms with E-state index in [2.05, 4.69) is 18.9 Å². The molecule has 86 valence electrons. The predicted octanol–water partition coefficient (Wildman–Crippen LogP) is 2.76. The zero-order valence-corrected chi connectivity index (χ0v) is 9.98. The second-order valence-electron chi connectivity index (χ2n) is 4.50. The highest BCUT2D eigenvalue weighted by Gasteiger charge is 2.07. The molecule has 0 aliphatic rings. The van der Waals surface area contributed by atoms with Crippen LogP contribution in [0.5, 0.6) is 0 Å². The van der Waals surface area contributed by atoms with Crippen molar-refractivity contribution in [1.82, 2.24) is 9.78 Å². The van der Waals surface area contributed by atoms with E-state index in [-0.39, 0.29) is 6.10 Å². The molecule has 1 unspecified atom stereocenters. The van der Waals surface area contributed by atoms with E-state index < -0.39 is 0 Å². The fourth-order valence-corrected chi connectivity index (χ4v) is 1.57. The number of hydrogen-bond donors (Lipinski definition) is 1. The highest BCUT2D eigenvalue weighted by atomic mass is 16.3. The van der Waals surface area contributed by atoms with Crippen LogP contribution in [0.15, 0.2) is 12.4 Å². The van der Waals surface area contributed by atoms with Crippen molar-refractivity contribution in [3.05, 3.63) is 18.0 Å². The van der Waals surface area contributed by atoms with Gasteiger partial charge in [0.1, 0.15) is 0 Å². The highest BCUT2D eigenvalue weighted by molar-refractivity contribution is 5.07. The van der Waals surface area contributed by atoms with Gasteiger partial charge in [0.25, 0.3) is 0 Å². The van der Waals surface area contributed by atoms with E-state index in [1.165, 1.54) is 6.42 Å². The lowest BCUT2D eigenvalue weighted by Gasteiger charge is -2.05. The summed E-state index contributed by atoms with van der Waals surface area (Å²) in [6.45, 7) is 7.39. The van der Waals surface area contributed by atoms with E-state index in [1.807, 2.05) is 17.8 Å². The number of hydrogen-bond acceptors (Lipinski definition) is 2. The molecule has 15 heavy (non-hydrogen) atoms. The summed E-state index contributed by atoms with van der Waals surface area (Å²) in [6, 6.07) is 0. The van der Waals surface area contributed by atoms with E-state index in [0.717, 1.165) is 30.9 Å². The number of rotatable bonds is 6. The summed E-state index contributed by atoms with van der Waals surface area (Å²) in [5.74, 6) is 0.751. The summed E-state index contributed by atoms with van der Waals surface area (Å²) < 4.78 is 1.93. The van der Waals surface area contributed by atoms with Gasteiger partial charge in [0, 0.05) is 18.3 Å². The second kappa shape index (κ2) is 5.91. The molecule has 0 bridgehead atoms. The molecule has 0 aromatic carbocycles. The average Bonchev–Trinajstić information content (AvgIpc) is 2.65. The molecule has 1 rings (SSSR count). The molecule has 0 saturated carbocycles. The van der Waals surface area contributed by atoms with Crippen LogP contribution in [0.2, 0.25) is 0 Å². The van der Waals surface area contributed by atoms with Crippen molar-refractivity contribution in [3.8, 4) is 0 Å². The lowest BCUT2D eigenvalue weighted by molar-refractivity contribution is 0.173. The van der Waals surface area contributed by atoms with Crippen LogP contribution in [0.4, 0.5) is 0 Å². The van der Waals surface area contributed by atoms with Crippen LogP contribution in [0.25, 0.3) is 0 Å². The normalized spacial score (nSPS) is 13.4. The van der Waals surface area contributed by atoms with Crippen molar-refractivity contribution in [2.45, 2.75) is 52.7 Å². The summed E-state index contributed by atoms with van der Waals surface area (Å²) in [7, 11) is 0. The Kier molecular flexibility index (Phi) is 4.82. The molecule has 0 aliphatic carbocycles. The monoisotopic (exact) mass is 210 g/mol. The van der Waals surface area contributed by atoms with Crippen molar-refractivity contribution in [2.24, 2.45) is 5.92 Å². The van der Waals surface area contributed by atoms with Crippen molar-refractivity contribution in [2.75, 3.05) is 0 Å². The van der Waals surface area contributed by atoms with Gasteiger partial charge in [-0.2, -0.15) is 5.10 Å². The zero-order chi connectivity index (χ0) is 11.3. The minimum absolute atomic E-state index is 0.358. The van der Waals surface area contributed by atoms with Crippen LogP contribution in [-0.4, -0.2) is 14.9 Å². The second-order valence-corrected chi connectivity index (χ2v) is 4.50. The Hall–Kier alpha value is -0.830. The predicted molar refractivity (Wildman–Crippen MR) is 61.5 cm³/mol. The molecule has 0 fully saturated rings. The molecule has 1 heterocycles. The van der Waals surface area contributed by atoms with Gasteiger partial charge in [0.2, 0.25) is 0 Å². The van der Waals surface area contributed by atoms with Gasteiger partial charge in [-0.1, -0.05) is 20.8 Å². The summed E-state index contributed by atoms with van der Waals surface area (Å²) in [4.78, 5) is 0. The van der Waals surface area contributed by atoms with Gasteiger partial charge < -0.3 is 5.11 Å². The highest BCUT2D eigenvalue weighted by Crippen LogP contribution is 2.15. The molecular formula is C12H22N2O. The SMILES string of the molecule is CCC(O)c1cnn(CCCC(C)C)c1. The van der Waals surface area contributed by atoms with Gasteiger partial charge >= 0.3 is 0 Å². The molecule has 0 amide bonds. The van der Waals surface area contributed by atoms with Crippen LogP contribution < -0.4 is 0 Å². The molecule has 0 saturated heterocycles. The van der Waals surface area contributed by atoms with E-state index in [9.17, 15) is 5.11 Å². The Balaban J connectivity index is 2.39. The van der Waals surface area contributed by atoms with Gasteiger partial charge in [-0.3, -0.25) is 4.68 Å². The molecule has 0 radical (unpaired) electrons. The van der Waals surface area contributed by atoms with E-state index in [4.69, 9.17) is 0 Å². The number of aliphatic hydroxyl groups excluding tert-OH is 1. The third kappa shape index (κ3) is 4.04. The summed E-state index contributed by atoms with van der Waals surface area (Å²) in [5, 5.41) is 13.8. The molecule has 3 nitrogen and oxygen atoms in total. The van der Waals surface area contributed by atoms with E-state index in [1.54, 1.807) is 6.20 Å². The molecule has 1 aromatic rings. The van der Waals surface area contributed by atoms with Crippen molar-refractivity contribution in [3.63, 3.8) is 0 Å². The first-order chi connectivity index (χ1) is 7.13. The summed E-state index contributed by atoms with van der Waals surface area (Å²) in [6.07, 6.45) is 6.49. The Bertz CT molecular complexity index is 281. The molecule has 0 aliphatic heterocycles. The average molecular weight is 210 g/mol. The molecule has 1 N–H and O–H groups in total. The lowest BCUT2D eigenvalue weighted by atomic mass is 10.1. The maximum atomic E-state index is 9.60. The minimum atomic E-state index is -0.358. The quantitative estimate of drug-likeness (QED) is 0.784.